The molecule has 1 atom stereocenters. The van der Waals surface area contributed by atoms with Crippen LogP contribution in [0.4, 0.5) is 8.78 Å². The van der Waals surface area contributed by atoms with Crippen molar-refractivity contribution in [3.63, 3.8) is 0 Å². The van der Waals surface area contributed by atoms with E-state index in [1.54, 1.807) is 5.38 Å². The smallest absolute Gasteiger partial charge is 0.136 e. The second-order valence-corrected chi connectivity index (χ2v) is 4.29. The number of thiazole rings is 1. The van der Waals surface area contributed by atoms with Crippen molar-refractivity contribution < 1.29 is 13.9 Å². The molecule has 1 unspecified atom stereocenters. The predicted molar refractivity (Wildman–Crippen MR) is 57.3 cm³/mol. The van der Waals surface area contributed by atoms with Gasteiger partial charge in [0, 0.05) is 11.6 Å². The third kappa shape index (κ3) is 1.83. The molecule has 0 aliphatic heterocycles. The maximum atomic E-state index is 13.7. The molecule has 16 heavy (non-hydrogen) atoms. The molecule has 0 radical (unpaired) electrons. The Labute approximate surface area is 95.2 Å². The van der Waals surface area contributed by atoms with Gasteiger partial charge >= 0.3 is 0 Å². The average molecular weight is 241 g/mol. The van der Waals surface area contributed by atoms with Gasteiger partial charge in [0.1, 0.15) is 22.7 Å². The highest BCUT2D eigenvalue weighted by Crippen LogP contribution is 2.29. The molecular formula is C11H9F2NOS. The first-order chi connectivity index (χ1) is 7.61. The van der Waals surface area contributed by atoms with Crippen LogP contribution in [0.15, 0.2) is 23.7 Å². The van der Waals surface area contributed by atoms with Gasteiger partial charge in [-0.2, -0.15) is 0 Å². The summed E-state index contributed by atoms with van der Waals surface area (Å²) in [4.78, 5) is 3.84. The Morgan fingerprint density at radius 3 is 2.75 bits per heavy atom. The fraction of sp³-hybridized carbons (Fsp3) is 0.182. The average Bonchev–Trinajstić information content (AvgIpc) is 2.77. The Morgan fingerprint density at radius 1 is 1.38 bits per heavy atom. The molecule has 1 heterocycles. The number of aliphatic hydroxyl groups is 1. The molecule has 1 aromatic heterocycles. The van der Waals surface area contributed by atoms with Crippen molar-refractivity contribution in [1.29, 1.82) is 0 Å². The van der Waals surface area contributed by atoms with Gasteiger partial charge in [-0.3, -0.25) is 0 Å². The molecule has 0 amide bonds. The van der Waals surface area contributed by atoms with Gasteiger partial charge in [0.05, 0.1) is 5.56 Å². The van der Waals surface area contributed by atoms with Crippen molar-refractivity contribution in [3.05, 3.63) is 51.5 Å². The lowest BCUT2D eigenvalue weighted by Gasteiger charge is -2.11. The van der Waals surface area contributed by atoms with Crippen molar-refractivity contribution in [2.75, 3.05) is 0 Å². The summed E-state index contributed by atoms with van der Waals surface area (Å²) in [5.74, 6) is -1.48. The highest BCUT2D eigenvalue weighted by atomic mass is 32.1. The molecule has 0 saturated heterocycles. The predicted octanol–water partition coefficient (Wildman–Crippen LogP) is 2.81. The number of benzene rings is 1. The largest absolute Gasteiger partial charge is 0.381 e. The second kappa shape index (κ2) is 4.27. The van der Waals surface area contributed by atoms with E-state index in [4.69, 9.17) is 0 Å². The minimum absolute atomic E-state index is 0.281. The summed E-state index contributed by atoms with van der Waals surface area (Å²) in [5, 5.41) is 11.8. The van der Waals surface area contributed by atoms with Crippen LogP contribution < -0.4 is 0 Å². The maximum Gasteiger partial charge on any atom is 0.136 e. The van der Waals surface area contributed by atoms with Crippen LogP contribution in [0.3, 0.4) is 0 Å². The minimum atomic E-state index is -1.35. The van der Waals surface area contributed by atoms with Gasteiger partial charge in [0.25, 0.3) is 0 Å². The van der Waals surface area contributed by atoms with Gasteiger partial charge < -0.3 is 5.11 Å². The van der Waals surface area contributed by atoms with Crippen molar-refractivity contribution in [2.45, 2.75) is 13.0 Å². The Kier molecular flexibility index (Phi) is 2.98. The van der Waals surface area contributed by atoms with E-state index in [9.17, 15) is 13.9 Å². The second-order valence-electron chi connectivity index (χ2n) is 3.36. The first-order valence-corrected chi connectivity index (χ1v) is 5.51. The van der Waals surface area contributed by atoms with Crippen LogP contribution in [-0.2, 0) is 0 Å². The topological polar surface area (TPSA) is 33.1 Å². The molecule has 0 aliphatic rings. The lowest BCUT2D eigenvalue weighted by atomic mass is 10.1. The molecule has 0 spiro atoms. The van der Waals surface area contributed by atoms with Crippen molar-refractivity contribution in [2.24, 2.45) is 0 Å². The van der Waals surface area contributed by atoms with Crippen LogP contribution in [0.25, 0.3) is 0 Å². The van der Waals surface area contributed by atoms with E-state index >= 15 is 0 Å². The summed E-state index contributed by atoms with van der Waals surface area (Å²) >= 11 is 1.15. The molecule has 5 heteroatoms. The first-order valence-electron chi connectivity index (χ1n) is 4.63. The van der Waals surface area contributed by atoms with Crippen LogP contribution >= 0.6 is 11.3 Å². The third-order valence-corrected chi connectivity index (χ3v) is 3.11. The van der Waals surface area contributed by atoms with E-state index in [0.717, 1.165) is 17.4 Å². The standard InChI is InChI=1S/C11H9F2NOS/c1-6-2-3-7(12)8(9(6)13)10(15)11-14-4-5-16-11/h2-5,10,15H,1H3. The Balaban J connectivity index is 2.52. The molecule has 1 aromatic carbocycles. The molecule has 0 bridgehead atoms. The van der Waals surface area contributed by atoms with E-state index < -0.39 is 17.7 Å². The van der Waals surface area contributed by atoms with Crippen molar-refractivity contribution in [1.82, 2.24) is 4.98 Å². The molecule has 0 fully saturated rings. The van der Waals surface area contributed by atoms with Gasteiger partial charge in [-0.15, -0.1) is 11.3 Å². The van der Waals surface area contributed by atoms with Gasteiger partial charge in [0.15, 0.2) is 0 Å². The van der Waals surface area contributed by atoms with Gasteiger partial charge in [-0.1, -0.05) is 6.07 Å². The zero-order chi connectivity index (χ0) is 11.7. The fourth-order valence-corrected chi connectivity index (χ4v) is 2.05. The van der Waals surface area contributed by atoms with Crippen molar-refractivity contribution >= 4 is 11.3 Å². The van der Waals surface area contributed by atoms with E-state index in [0.29, 0.717) is 5.56 Å². The SMILES string of the molecule is Cc1ccc(F)c(C(O)c2nccs2)c1F. The Hall–Kier alpha value is -1.33. The normalized spacial score (nSPS) is 12.8. The molecule has 2 rings (SSSR count). The van der Waals surface area contributed by atoms with Gasteiger partial charge in [-0.25, -0.2) is 13.8 Å². The maximum absolute atomic E-state index is 13.7. The van der Waals surface area contributed by atoms with Gasteiger partial charge in [-0.05, 0) is 18.6 Å². The van der Waals surface area contributed by atoms with Crippen LogP contribution in [0.1, 0.15) is 22.2 Å². The summed E-state index contributed by atoms with van der Waals surface area (Å²) in [7, 11) is 0. The number of halogens is 2. The van der Waals surface area contributed by atoms with Crippen molar-refractivity contribution in [3.8, 4) is 0 Å². The lowest BCUT2D eigenvalue weighted by Crippen LogP contribution is -2.06. The number of aliphatic hydroxyl groups excluding tert-OH is 1. The van der Waals surface area contributed by atoms with E-state index in [1.807, 2.05) is 0 Å². The number of rotatable bonds is 2. The molecule has 0 aliphatic carbocycles. The number of aromatic nitrogens is 1. The van der Waals surface area contributed by atoms with E-state index in [1.165, 1.54) is 19.2 Å². The lowest BCUT2D eigenvalue weighted by molar-refractivity contribution is 0.208. The zero-order valence-corrected chi connectivity index (χ0v) is 9.26. The quantitative estimate of drug-likeness (QED) is 0.877. The summed E-state index contributed by atoms with van der Waals surface area (Å²) in [6.45, 7) is 1.52. The summed E-state index contributed by atoms with van der Waals surface area (Å²) < 4.78 is 27.1. The Bertz CT molecular complexity index is 499. The highest BCUT2D eigenvalue weighted by Gasteiger charge is 2.22. The molecule has 2 aromatic rings. The fourth-order valence-electron chi connectivity index (χ4n) is 1.42. The molecule has 0 saturated carbocycles. The highest BCUT2D eigenvalue weighted by molar-refractivity contribution is 7.09. The first kappa shape index (κ1) is 11.2. The number of hydrogen-bond acceptors (Lipinski definition) is 3. The van der Waals surface area contributed by atoms with Crippen LogP contribution in [0, 0.1) is 18.6 Å². The number of hydrogen-bond donors (Lipinski definition) is 1. The van der Waals surface area contributed by atoms with Crippen LogP contribution in [0.5, 0.6) is 0 Å². The summed E-state index contributed by atoms with van der Waals surface area (Å²) in [6, 6.07) is 2.48. The summed E-state index contributed by atoms with van der Waals surface area (Å²) in [5.41, 5.74) is -0.0399. The number of aryl methyl sites for hydroxylation is 1. The molecule has 1 N–H and O–H groups in total. The van der Waals surface area contributed by atoms with Crippen LogP contribution in [-0.4, -0.2) is 10.1 Å². The molecule has 2 nitrogen and oxygen atoms in total. The Morgan fingerprint density at radius 2 is 2.12 bits per heavy atom. The number of nitrogens with zero attached hydrogens (tertiary/aromatic N) is 1. The molecular weight excluding hydrogens is 232 g/mol. The third-order valence-electron chi connectivity index (χ3n) is 2.28. The monoisotopic (exact) mass is 241 g/mol. The van der Waals surface area contributed by atoms with E-state index in [-0.39, 0.29) is 10.6 Å². The minimum Gasteiger partial charge on any atom is -0.381 e. The summed E-state index contributed by atoms with van der Waals surface area (Å²) in [6.07, 6.45) is 0.134. The van der Waals surface area contributed by atoms with E-state index in [2.05, 4.69) is 4.98 Å². The molecule has 84 valence electrons. The van der Waals surface area contributed by atoms with Gasteiger partial charge in [0.2, 0.25) is 0 Å². The van der Waals surface area contributed by atoms with Crippen LogP contribution in [0.2, 0.25) is 0 Å². The zero-order valence-electron chi connectivity index (χ0n) is 8.45.